The summed E-state index contributed by atoms with van der Waals surface area (Å²) in [4.78, 5) is 19.5. The highest BCUT2D eigenvalue weighted by atomic mass is 16.3. The van der Waals surface area contributed by atoms with Gasteiger partial charge >= 0.3 is 0 Å². The van der Waals surface area contributed by atoms with Crippen LogP contribution in [0, 0.1) is 0 Å². The number of aromatic nitrogens is 5. The van der Waals surface area contributed by atoms with Crippen molar-refractivity contribution in [2.75, 3.05) is 0 Å². The average Bonchev–Trinajstić information content (AvgIpc) is 3.65. The second kappa shape index (κ2) is 9.71. The number of hydrogen-bond acceptors (Lipinski definition) is 5. The van der Waals surface area contributed by atoms with Gasteiger partial charge in [-0.3, -0.25) is 4.57 Å². The minimum atomic E-state index is 0.572. The third kappa shape index (κ3) is 3.82. The van der Waals surface area contributed by atoms with E-state index >= 15 is 0 Å². The van der Waals surface area contributed by atoms with Crippen LogP contribution in [-0.2, 0) is 0 Å². The van der Waals surface area contributed by atoms with Crippen molar-refractivity contribution >= 4 is 43.7 Å². The molecule has 0 N–H and O–H groups in total. The first-order valence-corrected chi connectivity index (χ1v) is 14.5. The molecule has 0 bridgehead atoms. The fourth-order valence-electron chi connectivity index (χ4n) is 6.07. The van der Waals surface area contributed by atoms with Gasteiger partial charge in [0.15, 0.2) is 17.5 Å². The molecule has 0 amide bonds. The lowest BCUT2D eigenvalue weighted by molar-refractivity contribution is 0.673. The highest BCUT2D eigenvalue weighted by Gasteiger charge is 2.19. The van der Waals surface area contributed by atoms with Crippen LogP contribution in [0.4, 0.5) is 0 Å². The highest BCUT2D eigenvalue weighted by molar-refractivity contribution is 6.23. The van der Waals surface area contributed by atoms with Gasteiger partial charge < -0.3 is 4.42 Å². The quantitative estimate of drug-likeness (QED) is 0.213. The van der Waals surface area contributed by atoms with Crippen molar-refractivity contribution in [1.82, 2.24) is 24.5 Å². The summed E-state index contributed by atoms with van der Waals surface area (Å²) in [5.74, 6) is 2.62. The van der Waals surface area contributed by atoms with E-state index in [0.29, 0.717) is 17.5 Å². The number of fused-ring (bicyclic) bond motifs is 7. The van der Waals surface area contributed by atoms with Crippen LogP contribution in [-0.4, -0.2) is 24.5 Å². The fraction of sp³-hybridized carbons (Fsp3) is 0. The largest absolute Gasteiger partial charge is 0.455 e. The van der Waals surface area contributed by atoms with Crippen LogP contribution in [0.3, 0.4) is 0 Å². The van der Waals surface area contributed by atoms with Gasteiger partial charge in [-0.25, -0.2) is 19.9 Å². The van der Waals surface area contributed by atoms with Gasteiger partial charge in [-0.1, -0.05) is 97.1 Å². The molecule has 206 valence electrons. The zero-order valence-electron chi connectivity index (χ0n) is 23.4. The summed E-state index contributed by atoms with van der Waals surface area (Å²) in [5, 5.41) is 4.43. The molecule has 0 saturated carbocycles. The van der Waals surface area contributed by atoms with E-state index in [1.807, 2.05) is 97.2 Å². The Hall–Kier alpha value is -6.14. The molecule has 4 aromatic heterocycles. The molecule has 0 saturated heterocycles. The molecule has 5 aromatic carbocycles. The van der Waals surface area contributed by atoms with Crippen LogP contribution >= 0.6 is 0 Å². The van der Waals surface area contributed by atoms with Crippen LogP contribution in [0.15, 0.2) is 144 Å². The maximum absolute atomic E-state index is 6.44. The van der Waals surface area contributed by atoms with Crippen LogP contribution < -0.4 is 0 Å². The van der Waals surface area contributed by atoms with E-state index in [0.717, 1.165) is 66.3 Å². The van der Waals surface area contributed by atoms with Gasteiger partial charge in [-0.2, -0.15) is 0 Å². The Morgan fingerprint density at radius 2 is 1.07 bits per heavy atom. The molecule has 9 rings (SSSR count). The third-order valence-corrected chi connectivity index (χ3v) is 8.11. The Bertz CT molecular complexity index is 2420. The summed E-state index contributed by atoms with van der Waals surface area (Å²) in [5.41, 5.74) is 6.55. The normalized spacial score (nSPS) is 11.6. The summed E-state index contributed by atoms with van der Waals surface area (Å²) in [6.07, 6.45) is 1.84. The monoisotopic (exact) mass is 565 g/mol. The lowest BCUT2D eigenvalue weighted by Crippen LogP contribution is -2.01. The van der Waals surface area contributed by atoms with E-state index in [-0.39, 0.29) is 0 Å². The first kappa shape index (κ1) is 24.5. The lowest BCUT2D eigenvalue weighted by atomic mass is 10.1. The van der Waals surface area contributed by atoms with Gasteiger partial charge in [-0.05, 0) is 36.4 Å². The number of para-hydroxylation sites is 2. The first-order chi connectivity index (χ1) is 21.8. The average molecular weight is 566 g/mol. The number of rotatable bonds is 4. The molecule has 0 spiro atoms. The number of furan rings is 1. The van der Waals surface area contributed by atoms with Gasteiger partial charge in [0.1, 0.15) is 17.0 Å². The summed E-state index contributed by atoms with van der Waals surface area (Å²) >= 11 is 0. The van der Waals surface area contributed by atoms with E-state index in [1.165, 1.54) is 0 Å². The van der Waals surface area contributed by atoms with Crippen molar-refractivity contribution in [3.8, 4) is 40.0 Å². The van der Waals surface area contributed by atoms with Crippen LogP contribution in [0.25, 0.3) is 83.7 Å². The smallest absolute Gasteiger partial charge is 0.165 e. The topological polar surface area (TPSA) is 69.6 Å². The molecule has 0 aliphatic rings. The van der Waals surface area contributed by atoms with E-state index in [9.17, 15) is 0 Å². The maximum atomic E-state index is 6.44. The van der Waals surface area contributed by atoms with Crippen molar-refractivity contribution < 1.29 is 4.42 Å². The molecule has 0 aliphatic carbocycles. The number of benzene rings is 5. The Morgan fingerprint density at radius 1 is 0.455 bits per heavy atom. The van der Waals surface area contributed by atoms with E-state index in [1.54, 1.807) is 0 Å². The molecule has 0 unspecified atom stereocenters. The zero-order chi connectivity index (χ0) is 29.0. The summed E-state index contributed by atoms with van der Waals surface area (Å²) in [6, 6.07) is 44.9. The first-order valence-electron chi connectivity index (χ1n) is 14.5. The summed E-state index contributed by atoms with van der Waals surface area (Å²) in [6.45, 7) is 0. The predicted molar refractivity (Wildman–Crippen MR) is 176 cm³/mol. The van der Waals surface area contributed by atoms with Gasteiger partial charge in [0, 0.05) is 39.0 Å². The minimum Gasteiger partial charge on any atom is -0.455 e. The van der Waals surface area contributed by atoms with Crippen molar-refractivity contribution in [2.24, 2.45) is 0 Å². The second-order valence-corrected chi connectivity index (χ2v) is 10.7. The van der Waals surface area contributed by atoms with Crippen molar-refractivity contribution in [2.45, 2.75) is 0 Å². The number of pyridine rings is 1. The van der Waals surface area contributed by atoms with Gasteiger partial charge in [0.25, 0.3) is 0 Å². The van der Waals surface area contributed by atoms with Crippen molar-refractivity contribution in [3.63, 3.8) is 0 Å². The Labute approximate surface area is 251 Å². The predicted octanol–water partition coefficient (Wildman–Crippen LogP) is 9.26. The summed E-state index contributed by atoms with van der Waals surface area (Å²) in [7, 11) is 0. The molecule has 0 fully saturated rings. The van der Waals surface area contributed by atoms with Gasteiger partial charge in [0.2, 0.25) is 0 Å². The van der Waals surface area contributed by atoms with Crippen LogP contribution in [0.1, 0.15) is 0 Å². The van der Waals surface area contributed by atoms with E-state index in [4.69, 9.17) is 24.4 Å². The number of hydrogen-bond donors (Lipinski definition) is 0. The maximum Gasteiger partial charge on any atom is 0.165 e. The Balaban J connectivity index is 1.21. The SMILES string of the molecule is c1ccc(-c2nc(-c3ccccc3)nc(-c3ccc(-n4c5ccccc5c5c6oc7ccccc7c6ccc54)nc3)n2)cc1. The molecule has 6 heteroatoms. The van der Waals surface area contributed by atoms with Gasteiger partial charge in [-0.15, -0.1) is 0 Å². The molecule has 6 nitrogen and oxygen atoms in total. The van der Waals surface area contributed by atoms with Crippen molar-refractivity contribution in [1.29, 1.82) is 0 Å². The minimum absolute atomic E-state index is 0.572. The summed E-state index contributed by atoms with van der Waals surface area (Å²) < 4.78 is 8.63. The fourth-order valence-corrected chi connectivity index (χ4v) is 6.07. The van der Waals surface area contributed by atoms with E-state index < -0.39 is 0 Å². The van der Waals surface area contributed by atoms with Crippen molar-refractivity contribution in [3.05, 3.63) is 140 Å². The van der Waals surface area contributed by atoms with Crippen LogP contribution in [0.5, 0.6) is 0 Å². The molecule has 0 radical (unpaired) electrons. The molecular formula is C38H23N5O. The van der Waals surface area contributed by atoms with Crippen LogP contribution in [0.2, 0.25) is 0 Å². The van der Waals surface area contributed by atoms with E-state index in [2.05, 4.69) is 47.0 Å². The lowest BCUT2D eigenvalue weighted by Gasteiger charge is -2.10. The molecule has 0 atom stereocenters. The Kier molecular flexibility index (Phi) is 5.40. The third-order valence-electron chi connectivity index (χ3n) is 8.11. The highest BCUT2D eigenvalue weighted by Crippen LogP contribution is 2.40. The second-order valence-electron chi connectivity index (χ2n) is 10.7. The standard InChI is InChI=1S/C38H23N5O/c1-3-11-24(12-4-1)36-40-37(25-13-5-2-6-14-25)42-38(41-36)26-19-22-33(39-23-26)43-30-17-9-7-16-29(30)34-31(43)21-20-28-27-15-8-10-18-32(27)44-35(28)34/h1-23H. The number of nitrogens with zero attached hydrogens (tertiary/aromatic N) is 5. The van der Waals surface area contributed by atoms with Gasteiger partial charge in [0.05, 0.1) is 16.4 Å². The zero-order valence-corrected chi connectivity index (χ0v) is 23.4. The Morgan fingerprint density at radius 3 is 1.75 bits per heavy atom. The molecular weight excluding hydrogens is 542 g/mol. The molecule has 44 heavy (non-hydrogen) atoms. The molecule has 9 aromatic rings. The molecule has 0 aliphatic heterocycles. The molecule has 4 heterocycles.